The van der Waals surface area contributed by atoms with Crippen molar-refractivity contribution in [2.45, 2.75) is 38.1 Å². The Morgan fingerprint density at radius 1 is 1.45 bits per heavy atom. The minimum absolute atomic E-state index is 0.0629. The van der Waals surface area contributed by atoms with Crippen LogP contribution in [0.4, 0.5) is 0 Å². The summed E-state index contributed by atoms with van der Waals surface area (Å²) in [7, 11) is 0. The number of rotatable bonds is 4. The molecular formula is C13H18ClN3O2S. The van der Waals surface area contributed by atoms with Crippen LogP contribution in [0.15, 0.2) is 17.3 Å². The number of amides is 1. The summed E-state index contributed by atoms with van der Waals surface area (Å²) < 4.78 is 0.563. The first-order chi connectivity index (χ1) is 9.61. The number of nitrogens with zero attached hydrogens (tertiary/aromatic N) is 1. The van der Waals surface area contributed by atoms with Crippen LogP contribution < -0.4 is 11.1 Å². The fourth-order valence-electron chi connectivity index (χ4n) is 2.61. The standard InChI is InChI=1S/C13H18ClN3O2S/c14-10-7-6-9(20-10)13(18)16-11(12(15)17-19)8-4-2-1-3-5-8/h6-8,11,19H,1-5H2,(H2,15,17)(H,16,18). The maximum atomic E-state index is 12.2. The van der Waals surface area contributed by atoms with Crippen molar-refractivity contribution < 1.29 is 10.0 Å². The highest BCUT2D eigenvalue weighted by Crippen LogP contribution is 2.27. The summed E-state index contributed by atoms with van der Waals surface area (Å²) in [6.07, 6.45) is 5.38. The molecule has 1 aromatic heterocycles. The summed E-state index contributed by atoms with van der Waals surface area (Å²) in [5, 5.41) is 14.9. The normalized spacial score (nSPS) is 18.8. The first-order valence-corrected chi connectivity index (χ1v) is 7.85. The average Bonchev–Trinajstić information content (AvgIpc) is 2.91. The zero-order valence-electron chi connectivity index (χ0n) is 11.0. The lowest BCUT2D eigenvalue weighted by Crippen LogP contribution is -2.49. The van der Waals surface area contributed by atoms with Gasteiger partial charge < -0.3 is 16.3 Å². The molecule has 1 atom stereocenters. The quantitative estimate of drug-likeness (QED) is 0.345. The molecule has 1 saturated carbocycles. The van der Waals surface area contributed by atoms with Crippen LogP contribution in [0.5, 0.6) is 0 Å². The van der Waals surface area contributed by atoms with Crippen LogP contribution in [-0.4, -0.2) is 23.0 Å². The Morgan fingerprint density at radius 2 is 2.15 bits per heavy atom. The fraction of sp³-hybridized carbons (Fsp3) is 0.538. The predicted molar refractivity (Wildman–Crippen MR) is 80.6 cm³/mol. The van der Waals surface area contributed by atoms with Gasteiger partial charge in [-0.25, -0.2) is 0 Å². The predicted octanol–water partition coefficient (Wildman–Crippen LogP) is 2.83. The molecule has 1 amide bonds. The Kier molecular flexibility index (Phi) is 5.25. The van der Waals surface area contributed by atoms with Gasteiger partial charge >= 0.3 is 0 Å². The van der Waals surface area contributed by atoms with Crippen molar-refractivity contribution in [1.82, 2.24) is 5.32 Å². The number of hydrogen-bond acceptors (Lipinski definition) is 4. The lowest BCUT2D eigenvalue weighted by Gasteiger charge is -2.29. The van der Waals surface area contributed by atoms with Crippen LogP contribution in [0.1, 0.15) is 41.8 Å². The number of nitrogens with two attached hydrogens (primary N) is 1. The highest BCUT2D eigenvalue weighted by molar-refractivity contribution is 7.18. The first-order valence-electron chi connectivity index (χ1n) is 6.65. The van der Waals surface area contributed by atoms with Gasteiger partial charge in [-0.2, -0.15) is 0 Å². The highest BCUT2D eigenvalue weighted by atomic mass is 35.5. The molecule has 0 spiro atoms. The van der Waals surface area contributed by atoms with Gasteiger partial charge in [0.15, 0.2) is 5.84 Å². The third kappa shape index (κ3) is 3.64. The molecule has 0 aromatic carbocycles. The van der Waals surface area contributed by atoms with Crippen LogP contribution in [0.25, 0.3) is 0 Å². The largest absolute Gasteiger partial charge is 0.409 e. The maximum Gasteiger partial charge on any atom is 0.262 e. The molecule has 110 valence electrons. The number of thiophene rings is 1. The molecule has 0 aliphatic heterocycles. The van der Waals surface area contributed by atoms with Crippen molar-refractivity contribution in [1.29, 1.82) is 0 Å². The Bertz CT molecular complexity index is 498. The molecule has 1 unspecified atom stereocenters. The number of amidine groups is 1. The smallest absolute Gasteiger partial charge is 0.262 e. The minimum atomic E-state index is -0.423. The summed E-state index contributed by atoms with van der Waals surface area (Å²) in [6.45, 7) is 0. The second-order valence-electron chi connectivity index (χ2n) is 4.98. The van der Waals surface area contributed by atoms with Gasteiger partial charge in [0.1, 0.15) is 0 Å². The SMILES string of the molecule is NC(=NO)C(NC(=O)c1ccc(Cl)s1)C1CCCCC1. The van der Waals surface area contributed by atoms with Gasteiger partial charge in [-0.1, -0.05) is 36.0 Å². The summed E-state index contributed by atoms with van der Waals surface area (Å²) in [5.41, 5.74) is 5.74. The van der Waals surface area contributed by atoms with Gasteiger partial charge in [0.25, 0.3) is 5.91 Å². The third-order valence-electron chi connectivity index (χ3n) is 3.64. The average molecular weight is 316 g/mol. The van der Waals surface area contributed by atoms with Crippen LogP contribution >= 0.6 is 22.9 Å². The second-order valence-corrected chi connectivity index (χ2v) is 6.69. The molecule has 0 radical (unpaired) electrons. The van der Waals surface area contributed by atoms with Crippen molar-refractivity contribution in [2.24, 2.45) is 16.8 Å². The van der Waals surface area contributed by atoms with Crippen LogP contribution in [0.2, 0.25) is 4.34 Å². The van der Waals surface area contributed by atoms with E-state index in [4.69, 9.17) is 22.5 Å². The van der Waals surface area contributed by atoms with Gasteiger partial charge in [-0.3, -0.25) is 4.79 Å². The molecule has 20 heavy (non-hydrogen) atoms. The van der Waals surface area contributed by atoms with E-state index in [9.17, 15) is 4.79 Å². The van der Waals surface area contributed by atoms with Crippen molar-refractivity contribution in [3.8, 4) is 0 Å². The Labute approximate surface area is 126 Å². The Balaban J connectivity index is 2.09. The fourth-order valence-corrected chi connectivity index (χ4v) is 3.56. The van der Waals surface area contributed by atoms with Crippen molar-refractivity contribution in [2.75, 3.05) is 0 Å². The minimum Gasteiger partial charge on any atom is -0.409 e. The molecule has 1 fully saturated rings. The maximum absolute atomic E-state index is 12.2. The van der Waals surface area contributed by atoms with Crippen LogP contribution in [0.3, 0.4) is 0 Å². The third-order valence-corrected chi connectivity index (χ3v) is 4.87. The van der Waals surface area contributed by atoms with Crippen LogP contribution in [0, 0.1) is 5.92 Å². The lowest BCUT2D eigenvalue weighted by molar-refractivity contribution is 0.0934. The zero-order chi connectivity index (χ0) is 14.5. The second kappa shape index (κ2) is 6.95. The van der Waals surface area contributed by atoms with Crippen molar-refractivity contribution in [3.63, 3.8) is 0 Å². The summed E-state index contributed by atoms with van der Waals surface area (Å²) in [6, 6.07) is 2.93. The molecule has 1 aromatic rings. The van der Waals surface area contributed by atoms with E-state index in [-0.39, 0.29) is 17.7 Å². The molecule has 1 heterocycles. The van der Waals surface area contributed by atoms with E-state index in [0.717, 1.165) is 25.7 Å². The van der Waals surface area contributed by atoms with Gasteiger partial charge in [-0.05, 0) is 30.9 Å². The van der Waals surface area contributed by atoms with Crippen molar-refractivity contribution in [3.05, 3.63) is 21.3 Å². The Hall–Kier alpha value is -1.27. The number of hydrogen-bond donors (Lipinski definition) is 3. The number of carbonyl (C=O) groups excluding carboxylic acids is 1. The molecular weight excluding hydrogens is 298 g/mol. The summed E-state index contributed by atoms with van der Waals surface area (Å²) >= 11 is 7.04. The van der Waals surface area contributed by atoms with Gasteiger partial charge in [0.05, 0.1) is 15.3 Å². The monoisotopic (exact) mass is 315 g/mol. The molecule has 1 aliphatic carbocycles. The topological polar surface area (TPSA) is 87.7 Å². The van der Waals surface area contributed by atoms with E-state index in [2.05, 4.69) is 10.5 Å². The van der Waals surface area contributed by atoms with Gasteiger partial charge in [-0.15, -0.1) is 11.3 Å². The molecule has 0 saturated heterocycles. The van der Waals surface area contributed by atoms with E-state index in [1.165, 1.54) is 17.8 Å². The number of carbonyl (C=O) groups is 1. The van der Waals surface area contributed by atoms with Crippen LogP contribution in [-0.2, 0) is 0 Å². The van der Waals surface area contributed by atoms with Gasteiger partial charge in [0, 0.05) is 0 Å². The first kappa shape index (κ1) is 15.1. The number of oxime groups is 1. The Morgan fingerprint density at radius 3 is 2.70 bits per heavy atom. The molecule has 5 nitrogen and oxygen atoms in total. The van der Waals surface area contributed by atoms with E-state index >= 15 is 0 Å². The zero-order valence-corrected chi connectivity index (χ0v) is 12.6. The van der Waals surface area contributed by atoms with Crippen molar-refractivity contribution >= 4 is 34.7 Å². The summed E-state index contributed by atoms with van der Waals surface area (Å²) in [4.78, 5) is 12.7. The van der Waals surface area contributed by atoms with E-state index in [1.54, 1.807) is 12.1 Å². The molecule has 0 bridgehead atoms. The molecule has 2 rings (SSSR count). The van der Waals surface area contributed by atoms with E-state index in [1.807, 2.05) is 0 Å². The summed E-state index contributed by atoms with van der Waals surface area (Å²) in [5.74, 6) is 0.0519. The lowest BCUT2D eigenvalue weighted by atomic mass is 9.83. The van der Waals surface area contributed by atoms with E-state index in [0.29, 0.717) is 9.21 Å². The van der Waals surface area contributed by atoms with Gasteiger partial charge in [0.2, 0.25) is 0 Å². The van der Waals surface area contributed by atoms with E-state index < -0.39 is 6.04 Å². The highest BCUT2D eigenvalue weighted by Gasteiger charge is 2.29. The molecule has 1 aliphatic rings. The number of halogens is 1. The molecule has 4 N–H and O–H groups in total. The molecule has 7 heteroatoms. The number of nitrogens with one attached hydrogen (secondary N) is 1.